The zero-order chi connectivity index (χ0) is 23.4. The van der Waals surface area contributed by atoms with Gasteiger partial charge in [-0.25, -0.2) is 8.42 Å². The van der Waals surface area contributed by atoms with E-state index in [-0.39, 0.29) is 4.90 Å². The van der Waals surface area contributed by atoms with Crippen molar-refractivity contribution in [3.63, 3.8) is 0 Å². The van der Waals surface area contributed by atoms with E-state index >= 15 is 0 Å². The van der Waals surface area contributed by atoms with Crippen molar-refractivity contribution in [1.82, 2.24) is 4.90 Å². The molecule has 174 valence electrons. The second-order valence-corrected chi connectivity index (χ2v) is 10.0. The minimum atomic E-state index is -3.59. The second kappa shape index (κ2) is 9.85. The van der Waals surface area contributed by atoms with E-state index in [9.17, 15) is 8.42 Å². The molecule has 0 bridgehead atoms. The van der Waals surface area contributed by atoms with Crippen molar-refractivity contribution < 1.29 is 17.9 Å². The molecule has 0 aliphatic carbocycles. The van der Waals surface area contributed by atoms with Crippen LogP contribution >= 0.6 is 0 Å². The number of rotatable bonds is 8. The number of methoxy groups -OCH3 is 2. The van der Waals surface area contributed by atoms with E-state index in [1.165, 1.54) is 16.7 Å². The second-order valence-electron chi connectivity index (χ2n) is 8.37. The van der Waals surface area contributed by atoms with Crippen molar-refractivity contribution >= 4 is 15.7 Å². The third kappa shape index (κ3) is 5.49. The smallest absolute Gasteiger partial charge is 0.261 e. The van der Waals surface area contributed by atoms with Crippen LogP contribution in [-0.2, 0) is 29.4 Å². The molecule has 3 aromatic rings. The van der Waals surface area contributed by atoms with Crippen LogP contribution in [0.1, 0.15) is 22.3 Å². The number of aryl methyl sites for hydroxylation is 1. The Bertz CT molecular complexity index is 1210. The summed E-state index contributed by atoms with van der Waals surface area (Å²) in [6, 6.07) is 18.6. The summed E-state index contributed by atoms with van der Waals surface area (Å²) >= 11 is 0. The summed E-state index contributed by atoms with van der Waals surface area (Å²) in [6.45, 7) is 4.74. The highest BCUT2D eigenvalue weighted by Crippen LogP contribution is 2.33. The summed E-state index contributed by atoms with van der Waals surface area (Å²) in [5, 5.41) is 0. The third-order valence-corrected chi connectivity index (χ3v) is 7.45. The van der Waals surface area contributed by atoms with E-state index in [0.717, 1.165) is 49.5 Å². The van der Waals surface area contributed by atoms with Crippen LogP contribution in [0, 0.1) is 6.92 Å². The van der Waals surface area contributed by atoms with Crippen molar-refractivity contribution in [1.29, 1.82) is 0 Å². The summed E-state index contributed by atoms with van der Waals surface area (Å²) in [5.41, 5.74) is 5.35. The fourth-order valence-electron chi connectivity index (χ4n) is 4.09. The first-order valence-electron chi connectivity index (χ1n) is 11.0. The Hall–Kier alpha value is -3.03. The number of nitrogens with one attached hydrogen (secondary N) is 1. The summed E-state index contributed by atoms with van der Waals surface area (Å²) in [4.78, 5) is 2.69. The Morgan fingerprint density at radius 1 is 0.909 bits per heavy atom. The Morgan fingerprint density at radius 3 is 2.18 bits per heavy atom. The fourth-order valence-corrected chi connectivity index (χ4v) is 5.15. The molecule has 0 atom stereocenters. The highest BCUT2D eigenvalue weighted by Gasteiger charge is 2.19. The van der Waals surface area contributed by atoms with Crippen LogP contribution < -0.4 is 14.2 Å². The highest BCUT2D eigenvalue weighted by atomic mass is 32.2. The number of fused-ring (bicyclic) bond motifs is 1. The molecule has 0 amide bonds. The summed E-state index contributed by atoms with van der Waals surface area (Å²) in [7, 11) is -0.262. The van der Waals surface area contributed by atoms with E-state index in [2.05, 4.69) is 21.8 Å². The van der Waals surface area contributed by atoms with Gasteiger partial charge in [0, 0.05) is 25.3 Å². The van der Waals surface area contributed by atoms with Gasteiger partial charge in [-0.05, 0) is 72.9 Å². The van der Waals surface area contributed by atoms with E-state index in [1.54, 1.807) is 38.5 Å². The van der Waals surface area contributed by atoms with E-state index < -0.39 is 10.0 Å². The van der Waals surface area contributed by atoms with Gasteiger partial charge in [-0.3, -0.25) is 9.62 Å². The van der Waals surface area contributed by atoms with Crippen molar-refractivity contribution in [3.05, 3.63) is 82.9 Å². The minimum absolute atomic E-state index is 0.261. The normalized spacial score (nSPS) is 13.9. The van der Waals surface area contributed by atoms with Crippen LogP contribution in [0.3, 0.4) is 0 Å². The van der Waals surface area contributed by atoms with Crippen molar-refractivity contribution in [3.8, 4) is 11.5 Å². The molecule has 1 aliphatic rings. The molecular weight excluding hydrogens is 436 g/mol. The van der Waals surface area contributed by atoms with Crippen LogP contribution in [0.25, 0.3) is 0 Å². The van der Waals surface area contributed by atoms with Crippen molar-refractivity contribution in [2.75, 3.05) is 32.0 Å². The van der Waals surface area contributed by atoms with Gasteiger partial charge in [0.1, 0.15) is 0 Å². The molecule has 0 unspecified atom stereocenters. The molecule has 0 saturated heterocycles. The molecule has 0 saturated carbocycles. The molecule has 3 aromatic carbocycles. The van der Waals surface area contributed by atoms with Gasteiger partial charge in [0.2, 0.25) is 0 Å². The third-order valence-electron chi connectivity index (χ3n) is 6.05. The molecule has 7 heteroatoms. The lowest BCUT2D eigenvalue weighted by molar-refractivity contribution is 0.255. The SMILES string of the molecule is COc1cc2c(cc1OC)CN(CCc1ccc(NS(=O)(=O)c3ccc(C)cc3)cc1)CC2. The Kier molecular flexibility index (Phi) is 6.91. The molecular formula is C26H30N2O4S. The predicted octanol–water partition coefficient (Wildman–Crippen LogP) is 4.41. The van der Waals surface area contributed by atoms with Crippen LogP contribution in [0.2, 0.25) is 0 Å². The Balaban J connectivity index is 1.35. The van der Waals surface area contributed by atoms with Gasteiger partial charge in [0.15, 0.2) is 11.5 Å². The number of nitrogens with zero attached hydrogens (tertiary/aromatic N) is 1. The molecule has 33 heavy (non-hydrogen) atoms. The molecule has 0 fully saturated rings. The lowest BCUT2D eigenvalue weighted by atomic mass is 9.98. The molecule has 1 heterocycles. The number of sulfonamides is 1. The average molecular weight is 467 g/mol. The van der Waals surface area contributed by atoms with Crippen LogP contribution in [-0.4, -0.2) is 40.6 Å². The molecule has 4 rings (SSSR count). The van der Waals surface area contributed by atoms with Gasteiger partial charge < -0.3 is 9.47 Å². The van der Waals surface area contributed by atoms with Gasteiger partial charge in [-0.2, -0.15) is 0 Å². The van der Waals surface area contributed by atoms with Crippen molar-refractivity contribution in [2.24, 2.45) is 0 Å². The monoisotopic (exact) mass is 466 g/mol. The Morgan fingerprint density at radius 2 is 1.55 bits per heavy atom. The molecule has 0 spiro atoms. The zero-order valence-electron chi connectivity index (χ0n) is 19.3. The molecule has 0 radical (unpaired) electrons. The summed E-state index contributed by atoms with van der Waals surface area (Å²) < 4.78 is 38.7. The lowest BCUT2D eigenvalue weighted by Gasteiger charge is -2.29. The molecule has 1 aliphatic heterocycles. The first-order chi connectivity index (χ1) is 15.9. The number of hydrogen-bond donors (Lipinski definition) is 1. The van der Waals surface area contributed by atoms with Crippen LogP contribution in [0.4, 0.5) is 5.69 Å². The van der Waals surface area contributed by atoms with Crippen LogP contribution in [0.5, 0.6) is 11.5 Å². The summed E-state index contributed by atoms with van der Waals surface area (Å²) in [5.74, 6) is 1.55. The number of anilines is 1. The van der Waals surface area contributed by atoms with Gasteiger partial charge >= 0.3 is 0 Å². The van der Waals surface area contributed by atoms with Gasteiger partial charge in [-0.15, -0.1) is 0 Å². The van der Waals surface area contributed by atoms with E-state index in [0.29, 0.717) is 5.69 Å². The molecule has 0 aromatic heterocycles. The maximum Gasteiger partial charge on any atom is 0.261 e. The number of hydrogen-bond acceptors (Lipinski definition) is 5. The summed E-state index contributed by atoms with van der Waals surface area (Å²) in [6.07, 6.45) is 1.88. The fraction of sp³-hybridized carbons (Fsp3) is 0.308. The zero-order valence-corrected chi connectivity index (χ0v) is 20.1. The topological polar surface area (TPSA) is 67.9 Å². The quantitative estimate of drug-likeness (QED) is 0.533. The number of ether oxygens (including phenoxy) is 2. The van der Waals surface area contributed by atoms with Crippen molar-refractivity contribution in [2.45, 2.75) is 31.2 Å². The first-order valence-corrected chi connectivity index (χ1v) is 12.5. The largest absolute Gasteiger partial charge is 0.493 e. The van der Waals surface area contributed by atoms with Gasteiger partial charge in [0.05, 0.1) is 19.1 Å². The molecule has 1 N–H and O–H groups in total. The van der Waals surface area contributed by atoms with Gasteiger partial charge in [0.25, 0.3) is 10.0 Å². The minimum Gasteiger partial charge on any atom is -0.493 e. The predicted molar refractivity (Wildman–Crippen MR) is 131 cm³/mol. The lowest BCUT2D eigenvalue weighted by Crippen LogP contribution is -2.32. The number of benzene rings is 3. The maximum absolute atomic E-state index is 12.6. The average Bonchev–Trinajstić information content (AvgIpc) is 2.82. The van der Waals surface area contributed by atoms with E-state index in [4.69, 9.17) is 9.47 Å². The van der Waals surface area contributed by atoms with Crippen LogP contribution in [0.15, 0.2) is 65.6 Å². The maximum atomic E-state index is 12.6. The molecule has 6 nitrogen and oxygen atoms in total. The first kappa shape index (κ1) is 23.1. The standard InChI is InChI=1S/C26H30N2O4S/c1-19-4-10-24(11-5-19)33(29,30)27-23-8-6-20(7-9-23)12-14-28-15-13-21-16-25(31-2)26(32-3)17-22(21)18-28/h4-11,16-17,27H,12-15,18H2,1-3H3. The van der Waals surface area contributed by atoms with E-state index in [1.807, 2.05) is 31.2 Å². The van der Waals surface area contributed by atoms with Gasteiger partial charge in [-0.1, -0.05) is 29.8 Å². The Labute approximate surface area is 196 Å². The highest BCUT2D eigenvalue weighted by molar-refractivity contribution is 7.92.